The summed E-state index contributed by atoms with van der Waals surface area (Å²) in [6.07, 6.45) is 6.92. The summed E-state index contributed by atoms with van der Waals surface area (Å²) in [4.78, 5) is 32.2. The molecule has 0 atom stereocenters. The maximum absolute atomic E-state index is 13.2. The number of hydrogen-bond acceptors (Lipinski definition) is 6. The Bertz CT molecular complexity index is 912. The van der Waals surface area contributed by atoms with E-state index in [0.29, 0.717) is 11.7 Å². The molecule has 1 heterocycles. The van der Waals surface area contributed by atoms with Gasteiger partial charge in [0.15, 0.2) is 5.13 Å². The first kappa shape index (κ1) is 25.9. The SMILES string of the molecule is CC(C)(Sc1cnc(NC(=O)N(CCCSc2ccccc2)[C@H]2CC[C@H](C)CC2)s1)C(=O)O. The lowest BCUT2D eigenvalue weighted by atomic mass is 9.86. The van der Waals surface area contributed by atoms with Crippen LogP contribution in [0, 0.1) is 5.92 Å². The molecule has 1 aromatic heterocycles. The van der Waals surface area contributed by atoms with Crippen LogP contribution in [-0.4, -0.2) is 50.1 Å². The standard InChI is InChI=1S/C24H33N3O3S3/c1-17-10-12-18(13-11-17)27(14-7-15-31-19-8-5-4-6-9-19)23(30)26-22-25-16-20(32-22)33-24(2,3)21(28)29/h4-6,8-9,16-18H,7,10-15H2,1-3H3,(H,28,29)(H,25,26,30)/t17-,18-. The summed E-state index contributed by atoms with van der Waals surface area (Å²) in [7, 11) is 0. The summed E-state index contributed by atoms with van der Waals surface area (Å²) in [6.45, 7) is 6.32. The van der Waals surface area contributed by atoms with E-state index in [1.54, 1.807) is 20.0 Å². The summed E-state index contributed by atoms with van der Waals surface area (Å²) >= 11 is 4.38. The van der Waals surface area contributed by atoms with E-state index < -0.39 is 10.7 Å². The molecule has 1 aliphatic rings. The molecule has 0 saturated heterocycles. The number of thioether (sulfide) groups is 2. The molecule has 2 aromatic rings. The third-order valence-corrected chi connectivity index (χ3v) is 9.11. The van der Waals surface area contributed by atoms with Gasteiger partial charge in [0.25, 0.3) is 0 Å². The number of carboxylic acids is 1. The van der Waals surface area contributed by atoms with Gasteiger partial charge in [0.2, 0.25) is 0 Å². The average molecular weight is 508 g/mol. The van der Waals surface area contributed by atoms with Crippen LogP contribution >= 0.6 is 34.9 Å². The predicted octanol–water partition coefficient (Wildman–Crippen LogP) is 6.69. The molecule has 0 radical (unpaired) electrons. The van der Waals surface area contributed by atoms with Gasteiger partial charge < -0.3 is 10.0 Å². The topological polar surface area (TPSA) is 82.5 Å². The molecule has 6 nitrogen and oxygen atoms in total. The van der Waals surface area contributed by atoms with Gasteiger partial charge in [-0.1, -0.05) is 48.2 Å². The summed E-state index contributed by atoms with van der Waals surface area (Å²) in [6, 6.07) is 10.5. The van der Waals surface area contributed by atoms with E-state index in [9.17, 15) is 14.7 Å². The van der Waals surface area contributed by atoms with Crippen molar-refractivity contribution in [2.24, 2.45) is 5.92 Å². The van der Waals surface area contributed by atoms with E-state index in [0.717, 1.165) is 48.0 Å². The van der Waals surface area contributed by atoms with Crippen LogP contribution in [0.3, 0.4) is 0 Å². The maximum atomic E-state index is 13.2. The number of urea groups is 1. The van der Waals surface area contributed by atoms with Crippen LogP contribution in [0.5, 0.6) is 0 Å². The van der Waals surface area contributed by atoms with Crippen LogP contribution in [0.15, 0.2) is 45.6 Å². The highest BCUT2D eigenvalue weighted by molar-refractivity contribution is 8.03. The summed E-state index contributed by atoms with van der Waals surface area (Å²) in [5, 5.41) is 12.8. The number of amides is 2. The first-order valence-electron chi connectivity index (χ1n) is 11.4. The second-order valence-corrected chi connectivity index (χ2v) is 13.1. The molecule has 33 heavy (non-hydrogen) atoms. The molecule has 0 aliphatic heterocycles. The van der Waals surface area contributed by atoms with Crippen molar-refractivity contribution in [2.45, 2.75) is 72.8 Å². The zero-order valence-electron chi connectivity index (χ0n) is 19.5. The molecule has 2 N–H and O–H groups in total. The zero-order chi connectivity index (χ0) is 23.8. The highest BCUT2D eigenvalue weighted by atomic mass is 32.2. The van der Waals surface area contributed by atoms with Crippen molar-refractivity contribution in [1.29, 1.82) is 0 Å². The Morgan fingerprint density at radius 3 is 2.58 bits per heavy atom. The lowest BCUT2D eigenvalue weighted by Gasteiger charge is -2.36. The molecular formula is C24H33N3O3S3. The normalized spacial score (nSPS) is 18.6. The molecule has 0 bridgehead atoms. The first-order valence-corrected chi connectivity index (χ1v) is 14.0. The van der Waals surface area contributed by atoms with Gasteiger partial charge >= 0.3 is 12.0 Å². The molecule has 1 aromatic carbocycles. The second-order valence-electron chi connectivity index (χ2n) is 8.95. The van der Waals surface area contributed by atoms with Crippen molar-refractivity contribution in [3.8, 4) is 0 Å². The van der Waals surface area contributed by atoms with E-state index in [1.807, 2.05) is 34.9 Å². The number of anilines is 1. The number of carboxylic acid groups (broad SMARTS) is 1. The van der Waals surface area contributed by atoms with E-state index in [-0.39, 0.29) is 12.1 Å². The highest BCUT2D eigenvalue weighted by Gasteiger charge is 2.30. The Kier molecular flexibility index (Phi) is 9.52. The number of hydrogen-bond donors (Lipinski definition) is 2. The van der Waals surface area contributed by atoms with Crippen molar-refractivity contribution >= 4 is 52.0 Å². The van der Waals surface area contributed by atoms with Gasteiger partial charge in [-0.15, -0.1) is 11.8 Å². The van der Waals surface area contributed by atoms with Gasteiger partial charge in [-0.3, -0.25) is 10.1 Å². The minimum absolute atomic E-state index is 0.109. The number of thiazole rings is 1. The molecule has 0 unspecified atom stereocenters. The van der Waals surface area contributed by atoms with E-state index in [4.69, 9.17) is 0 Å². The van der Waals surface area contributed by atoms with Crippen LogP contribution < -0.4 is 5.32 Å². The molecule has 2 amide bonds. The van der Waals surface area contributed by atoms with Crippen molar-refractivity contribution in [2.75, 3.05) is 17.6 Å². The number of benzene rings is 1. The Morgan fingerprint density at radius 2 is 1.91 bits per heavy atom. The average Bonchev–Trinajstić information content (AvgIpc) is 3.21. The number of nitrogens with zero attached hydrogens (tertiary/aromatic N) is 2. The third kappa shape index (κ3) is 7.93. The van der Waals surface area contributed by atoms with Crippen molar-refractivity contribution < 1.29 is 14.7 Å². The number of nitrogens with one attached hydrogen (secondary N) is 1. The molecule has 9 heteroatoms. The Labute approximate surface area is 208 Å². The van der Waals surface area contributed by atoms with Crippen molar-refractivity contribution in [1.82, 2.24) is 9.88 Å². The van der Waals surface area contributed by atoms with E-state index in [2.05, 4.69) is 29.4 Å². The van der Waals surface area contributed by atoms with Gasteiger partial charge in [0, 0.05) is 17.5 Å². The van der Waals surface area contributed by atoms with Gasteiger partial charge in [-0.2, -0.15) is 0 Å². The van der Waals surface area contributed by atoms with E-state index in [1.165, 1.54) is 28.0 Å². The summed E-state index contributed by atoms with van der Waals surface area (Å²) in [5.41, 5.74) is 0. The summed E-state index contributed by atoms with van der Waals surface area (Å²) in [5.74, 6) is 0.799. The Hall–Kier alpha value is -1.71. The molecular weight excluding hydrogens is 474 g/mol. The zero-order valence-corrected chi connectivity index (χ0v) is 21.9. The van der Waals surface area contributed by atoms with Crippen LogP contribution in [0.2, 0.25) is 0 Å². The maximum Gasteiger partial charge on any atom is 0.323 e. The summed E-state index contributed by atoms with van der Waals surface area (Å²) < 4.78 is -0.176. The monoisotopic (exact) mass is 507 g/mol. The number of aliphatic carboxylic acids is 1. The number of carbonyl (C=O) groups is 2. The van der Waals surface area contributed by atoms with Crippen molar-refractivity contribution in [3.05, 3.63) is 36.5 Å². The third-order valence-electron chi connectivity index (χ3n) is 5.81. The van der Waals surface area contributed by atoms with Crippen LogP contribution in [0.1, 0.15) is 52.9 Å². The molecule has 180 valence electrons. The number of carbonyl (C=O) groups excluding carboxylic acids is 1. The van der Waals surface area contributed by atoms with Crippen LogP contribution in [0.4, 0.5) is 9.93 Å². The van der Waals surface area contributed by atoms with Gasteiger partial charge in [-0.25, -0.2) is 9.78 Å². The lowest BCUT2D eigenvalue weighted by molar-refractivity contribution is -0.138. The Balaban J connectivity index is 1.59. The molecule has 1 fully saturated rings. The molecule has 3 rings (SSSR count). The fraction of sp³-hybridized carbons (Fsp3) is 0.542. The first-order chi connectivity index (χ1) is 15.7. The fourth-order valence-electron chi connectivity index (χ4n) is 3.77. The van der Waals surface area contributed by atoms with Gasteiger partial charge in [0.1, 0.15) is 4.75 Å². The quantitative estimate of drug-likeness (QED) is 0.275. The minimum Gasteiger partial charge on any atom is -0.480 e. The molecule has 1 saturated carbocycles. The molecule has 1 aliphatic carbocycles. The number of rotatable bonds is 10. The van der Waals surface area contributed by atoms with Crippen molar-refractivity contribution in [3.63, 3.8) is 0 Å². The minimum atomic E-state index is -0.949. The largest absolute Gasteiger partial charge is 0.480 e. The predicted molar refractivity (Wildman–Crippen MR) is 139 cm³/mol. The molecule has 0 spiro atoms. The Morgan fingerprint density at radius 1 is 1.21 bits per heavy atom. The van der Waals surface area contributed by atoms with Gasteiger partial charge in [0.05, 0.1) is 10.4 Å². The van der Waals surface area contributed by atoms with Crippen LogP contribution in [-0.2, 0) is 4.79 Å². The fourth-order valence-corrected chi connectivity index (χ4v) is 6.89. The second kappa shape index (κ2) is 12.1. The van der Waals surface area contributed by atoms with Gasteiger partial charge in [-0.05, 0) is 69.8 Å². The number of aromatic nitrogens is 1. The highest BCUT2D eigenvalue weighted by Crippen LogP contribution is 2.37. The van der Waals surface area contributed by atoms with E-state index >= 15 is 0 Å². The van der Waals surface area contributed by atoms with Crippen LogP contribution in [0.25, 0.3) is 0 Å². The lowest BCUT2D eigenvalue weighted by Crippen LogP contribution is -2.45. The smallest absolute Gasteiger partial charge is 0.323 e.